The second kappa shape index (κ2) is 9.70. The second-order valence-corrected chi connectivity index (χ2v) is 7.95. The molecule has 2 aromatic carbocycles. The van der Waals surface area contributed by atoms with Gasteiger partial charge in [0.1, 0.15) is 0 Å². The van der Waals surface area contributed by atoms with E-state index >= 15 is 0 Å². The fourth-order valence-electron chi connectivity index (χ4n) is 2.96. The molecule has 7 nitrogen and oxygen atoms in total. The third kappa shape index (κ3) is 4.41. The van der Waals surface area contributed by atoms with E-state index in [1.54, 1.807) is 31.4 Å². The van der Waals surface area contributed by atoms with Gasteiger partial charge in [-0.1, -0.05) is 34.5 Å². The van der Waals surface area contributed by atoms with Gasteiger partial charge in [0.15, 0.2) is 16.3 Å². The molecule has 0 fully saturated rings. The zero-order chi connectivity index (χ0) is 21.8. The molecule has 0 N–H and O–H groups in total. The highest BCUT2D eigenvalue weighted by Gasteiger charge is 2.18. The van der Waals surface area contributed by atoms with Crippen LogP contribution in [0.5, 0.6) is 17.2 Å². The molecule has 1 aromatic heterocycles. The lowest BCUT2D eigenvalue weighted by Crippen LogP contribution is -2.19. The molecule has 3 aromatic rings. The third-order valence-electron chi connectivity index (χ3n) is 4.32. The Morgan fingerprint density at radius 1 is 1.03 bits per heavy atom. The van der Waals surface area contributed by atoms with Gasteiger partial charge in [-0.05, 0) is 24.3 Å². The van der Waals surface area contributed by atoms with Crippen LogP contribution in [0.3, 0.4) is 0 Å². The number of carbonyl (C=O) groups excluding carboxylic acids is 1. The first-order chi connectivity index (χ1) is 14.4. The van der Waals surface area contributed by atoms with Gasteiger partial charge in [-0.2, -0.15) is 4.99 Å². The maximum atomic E-state index is 13.0. The number of aromatic nitrogens is 1. The number of methoxy groups -OCH3 is 4. The zero-order valence-electron chi connectivity index (χ0n) is 16.8. The molecule has 10 heteroatoms. The van der Waals surface area contributed by atoms with Gasteiger partial charge < -0.3 is 23.5 Å². The minimum absolute atomic E-state index is 0.296. The van der Waals surface area contributed by atoms with Crippen LogP contribution >= 0.6 is 34.5 Å². The Labute approximate surface area is 187 Å². The fourth-order valence-corrected chi connectivity index (χ4v) is 4.80. The minimum atomic E-state index is -0.464. The van der Waals surface area contributed by atoms with E-state index in [-0.39, 0.29) is 0 Å². The topological polar surface area (TPSA) is 71.3 Å². The third-order valence-corrected chi connectivity index (χ3v) is 5.85. The summed E-state index contributed by atoms with van der Waals surface area (Å²) >= 11 is 13.9. The van der Waals surface area contributed by atoms with Crippen LogP contribution < -0.4 is 19.0 Å². The van der Waals surface area contributed by atoms with E-state index in [1.807, 2.05) is 4.57 Å². The lowest BCUT2D eigenvalue weighted by Gasteiger charge is -2.12. The highest BCUT2D eigenvalue weighted by Crippen LogP contribution is 2.38. The lowest BCUT2D eigenvalue weighted by molar-refractivity contribution is 0.0996. The van der Waals surface area contributed by atoms with Crippen LogP contribution in [0.25, 0.3) is 10.2 Å². The fraction of sp³-hybridized carbons (Fsp3) is 0.300. The van der Waals surface area contributed by atoms with Crippen molar-refractivity contribution in [2.45, 2.75) is 6.54 Å². The number of amides is 1. The number of fused-ring (bicyclic) bond motifs is 1. The summed E-state index contributed by atoms with van der Waals surface area (Å²) in [5, 5.41) is 0.988. The molecule has 0 bridgehead atoms. The molecule has 1 heterocycles. The highest BCUT2D eigenvalue weighted by atomic mass is 35.5. The number of benzene rings is 2. The van der Waals surface area contributed by atoms with Crippen molar-refractivity contribution in [2.24, 2.45) is 4.99 Å². The highest BCUT2D eigenvalue weighted by molar-refractivity contribution is 7.16. The van der Waals surface area contributed by atoms with Crippen LogP contribution in [-0.2, 0) is 11.3 Å². The van der Waals surface area contributed by atoms with Crippen LogP contribution in [0.15, 0.2) is 29.3 Å². The van der Waals surface area contributed by atoms with Crippen LogP contribution in [-0.4, -0.2) is 45.5 Å². The Bertz CT molecular complexity index is 1130. The summed E-state index contributed by atoms with van der Waals surface area (Å²) in [5.74, 6) is 0.673. The first kappa shape index (κ1) is 22.4. The number of thiazole rings is 1. The smallest absolute Gasteiger partial charge is 0.279 e. The number of ether oxygens (including phenoxy) is 4. The normalized spacial score (nSPS) is 11.7. The van der Waals surface area contributed by atoms with Crippen molar-refractivity contribution in [3.63, 3.8) is 0 Å². The molecule has 0 spiro atoms. The van der Waals surface area contributed by atoms with Crippen molar-refractivity contribution in [3.05, 3.63) is 44.7 Å². The number of hydrogen-bond donors (Lipinski definition) is 0. The largest absolute Gasteiger partial charge is 0.493 e. The quantitative estimate of drug-likeness (QED) is 0.510. The monoisotopic (exact) mass is 470 g/mol. The summed E-state index contributed by atoms with van der Waals surface area (Å²) in [5.41, 5.74) is 1.05. The molecule has 0 aliphatic heterocycles. The van der Waals surface area contributed by atoms with Gasteiger partial charge in [0.25, 0.3) is 5.91 Å². The SMILES string of the molecule is COCCn1c(=NC(=O)c2cc(OC)c(OC)c(OC)c2)sc2cc(Cl)cc(Cl)c21. The molecule has 0 atom stereocenters. The van der Waals surface area contributed by atoms with E-state index in [1.165, 1.54) is 32.7 Å². The van der Waals surface area contributed by atoms with Crippen molar-refractivity contribution in [2.75, 3.05) is 35.0 Å². The predicted molar refractivity (Wildman–Crippen MR) is 118 cm³/mol. The second-order valence-electron chi connectivity index (χ2n) is 6.09. The molecule has 0 unspecified atom stereocenters. The first-order valence-electron chi connectivity index (χ1n) is 8.79. The Kier molecular flexibility index (Phi) is 7.25. The summed E-state index contributed by atoms with van der Waals surface area (Å²) in [7, 11) is 6.07. The molecule has 1 amide bonds. The van der Waals surface area contributed by atoms with Crippen LogP contribution in [0, 0.1) is 0 Å². The van der Waals surface area contributed by atoms with E-state index in [9.17, 15) is 4.79 Å². The van der Waals surface area contributed by atoms with E-state index < -0.39 is 5.91 Å². The zero-order valence-corrected chi connectivity index (χ0v) is 19.2. The summed E-state index contributed by atoms with van der Waals surface area (Å²) in [4.78, 5) is 17.8. The number of halogens is 2. The predicted octanol–water partition coefficient (Wildman–Crippen LogP) is 4.42. The Morgan fingerprint density at radius 3 is 2.27 bits per heavy atom. The average Bonchev–Trinajstić information content (AvgIpc) is 3.07. The standard InChI is InChI=1S/C20H20Cl2N2O5S/c1-26-6-5-24-17-13(22)9-12(21)10-16(17)30-20(24)23-19(25)11-7-14(27-2)18(29-4)15(8-11)28-3/h7-10H,5-6H2,1-4H3. The van der Waals surface area contributed by atoms with Crippen LogP contribution in [0.2, 0.25) is 10.0 Å². The molecular weight excluding hydrogens is 451 g/mol. The summed E-state index contributed by atoms with van der Waals surface area (Å²) in [6.07, 6.45) is 0. The maximum absolute atomic E-state index is 13.0. The number of nitrogens with zero attached hydrogens (tertiary/aromatic N) is 2. The maximum Gasteiger partial charge on any atom is 0.279 e. The van der Waals surface area contributed by atoms with Gasteiger partial charge in [0.2, 0.25) is 5.75 Å². The first-order valence-corrected chi connectivity index (χ1v) is 10.4. The number of hydrogen-bond acceptors (Lipinski definition) is 6. The van der Waals surface area contributed by atoms with Gasteiger partial charge in [-0.25, -0.2) is 0 Å². The molecule has 0 saturated heterocycles. The molecule has 0 aliphatic carbocycles. The van der Waals surface area contributed by atoms with E-state index in [0.29, 0.717) is 50.8 Å². The number of rotatable bonds is 7. The van der Waals surface area contributed by atoms with Crippen LogP contribution in [0.1, 0.15) is 10.4 Å². The summed E-state index contributed by atoms with van der Waals surface area (Å²) in [6.45, 7) is 0.898. The summed E-state index contributed by atoms with van der Waals surface area (Å²) < 4.78 is 23.8. The van der Waals surface area contributed by atoms with E-state index in [4.69, 9.17) is 42.1 Å². The Balaban J connectivity index is 2.17. The molecule has 0 radical (unpaired) electrons. The summed E-state index contributed by atoms with van der Waals surface area (Å²) in [6, 6.07) is 6.57. The van der Waals surface area contributed by atoms with E-state index in [0.717, 1.165) is 10.2 Å². The van der Waals surface area contributed by atoms with Crippen LogP contribution in [0.4, 0.5) is 0 Å². The van der Waals surface area contributed by atoms with Gasteiger partial charge >= 0.3 is 0 Å². The Hall–Kier alpha value is -2.26. The molecule has 30 heavy (non-hydrogen) atoms. The van der Waals surface area contributed by atoms with Gasteiger partial charge in [-0.3, -0.25) is 4.79 Å². The van der Waals surface area contributed by atoms with Crippen molar-refractivity contribution < 1.29 is 23.7 Å². The molecular formula is C20H20Cl2N2O5S. The van der Waals surface area contributed by atoms with Crippen molar-refractivity contribution in [1.82, 2.24) is 4.57 Å². The minimum Gasteiger partial charge on any atom is -0.493 e. The Morgan fingerprint density at radius 2 is 1.70 bits per heavy atom. The molecule has 3 rings (SSSR count). The lowest BCUT2D eigenvalue weighted by atomic mass is 10.1. The van der Waals surface area contributed by atoms with Crippen molar-refractivity contribution in [1.29, 1.82) is 0 Å². The molecule has 0 aliphatic rings. The number of carbonyl (C=O) groups is 1. The van der Waals surface area contributed by atoms with Crippen molar-refractivity contribution >= 4 is 50.7 Å². The van der Waals surface area contributed by atoms with Gasteiger partial charge in [-0.15, -0.1) is 0 Å². The molecule has 0 saturated carbocycles. The van der Waals surface area contributed by atoms with E-state index in [2.05, 4.69) is 4.99 Å². The molecule has 160 valence electrons. The average molecular weight is 471 g/mol. The van der Waals surface area contributed by atoms with Gasteiger partial charge in [0, 0.05) is 24.2 Å². The van der Waals surface area contributed by atoms with Crippen molar-refractivity contribution in [3.8, 4) is 17.2 Å². The van der Waals surface area contributed by atoms with Gasteiger partial charge in [0.05, 0.1) is 43.2 Å².